The molecule has 1 aromatic rings. The number of hydrogen-bond acceptors (Lipinski definition) is 6. The van der Waals surface area contributed by atoms with Gasteiger partial charge in [0.25, 0.3) is 5.69 Å². The molecule has 0 saturated heterocycles. The summed E-state index contributed by atoms with van der Waals surface area (Å²) in [6, 6.07) is 3.84. The van der Waals surface area contributed by atoms with Gasteiger partial charge in [-0.05, 0) is 6.07 Å². The lowest BCUT2D eigenvalue weighted by atomic mass is 10.2. The third-order valence-corrected chi connectivity index (χ3v) is 3.02. The zero-order chi connectivity index (χ0) is 13.7. The predicted octanol–water partition coefficient (Wildman–Crippen LogP) is 0.267. The van der Waals surface area contributed by atoms with Crippen LogP contribution in [0.2, 0.25) is 0 Å². The van der Waals surface area contributed by atoms with Gasteiger partial charge in [0.15, 0.2) is 5.84 Å². The molecule has 0 aromatic heterocycles. The molecule has 0 aliphatic carbocycles. The number of hydrogen-bond donors (Lipinski definition) is 3. The summed E-state index contributed by atoms with van der Waals surface area (Å²) in [6.45, 7) is 0. The largest absolute Gasteiger partial charge is 0.409 e. The number of primary amides is 1. The van der Waals surface area contributed by atoms with Crippen LogP contribution in [0.15, 0.2) is 28.3 Å². The molecule has 96 valence electrons. The Morgan fingerprint density at radius 2 is 2.17 bits per heavy atom. The number of amides is 1. The van der Waals surface area contributed by atoms with Crippen molar-refractivity contribution in [2.45, 2.75) is 4.90 Å². The summed E-state index contributed by atoms with van der Waals surface area (Å²) >= 11 is 1.05. The van der Waals surface area contributed by atoms with Crippen LogP contribution < -0.4 is 11.5 Å². The van der Waals surface area contributed by atoms with Crippen LogP contribution in [-0.4, -0.2) is 27.6 Å². The molecule has 18 heavy (non-hydrogen) atoms. The lowest BCUT2D eigenvalue weighted by molar-refractivity contribution is -0.384. The van der Waals surface area contributed by atoms with Gasteiger partial charge in [-0.1, -0.05) is 5.16 Å². The zero-order valence-electron chi connectivity index (χ0n) is 9.07. The summed E-state index contributed by atoms with van der Waals surface area (Å²) in [6.07, 6.45) is 0. The number of non-ortho nitro benzene ring substituents is 1. The second kappa shape index (κ2) is 5.87. The van der Waals surface area contributed by atoms with E-state index in [-0.39, 0.29) is 22.8 Å². The maximum atomic E-state index is 10.7. The summed E-state index contributed by atoms with van der Waals surface area (Å²) in [5.41, 5.74) is 10.4. The number of oxime groups is 1. The molecule has 0 saturated carbocycles. The van der Waals surface area contributed by atoms with Gasteiger partial charge in [-0.15, -0.1) is 11.8 Å². The van der Waals surface area contributed by atoms with Crippen molar-refractivity contribution in [2.75, 3.05) is 5.75 Å². The smallest absolute Gasteiger partial charge is 0.270 e. The minimum Gasteiger partial charge on any atom is -0.409 e. The van der Waals surface area contributed by atoms with E-state index in [1.807, 2.05) is 0 Å². The van der Waals surface area contributed by atoms with Crippen molar-refractivity contribution in [3.63, 3.8) is 0 Å². The van der Waals surface area contributed by atoms with Crippen molar-refractivity contribution in [3.8, 4) is 0 Å². The molecule has 0 heterocycles. The van der Waals surface area contributed by atoms with Gasteiger partial charge >= 0.3 is 0 Å². The topological polar surface area (TPSA) is 145 Å². The molecule has 0 fully saturated rings. The number of nitro benzene ring substituents is 1. The minimum atomic E-state index is -0.601. The van der Waals surface area contributed by atoms with Crippen LogP contribution in [0.25, 0.3) is 0 Å². The number of rotatable bonds is 5. The Balaban J connectivity index is 3.16. The van der Waals surface area contributed by atoms with Gasteiger partial charge in [0.2, 0.25) is 5.91 Å². The van der Waals surface area contributed by atoms with Crippen molar-refractivity contribution in [1.29, 1.82) is 0 Å². The molecule has 0 bridgehead atoms. The lowest BCUT2D eigenvalue weighted by Crippen LogP contribution is -2.16. The van der Waals surface area contributed by atoms with Crippen molar-refractivity contribution in [2.24, 2.45) is 16.6 Å². The fourth-order valence-electron chi connectivity index (χ4n) is 1.16. The molecule has 1 aromatic carbocycles. The molecule has 0 radical (unpaired) electrons. The number of nitrogens with zero attached hydrogens (tertiary/aromatic N) is 2. The van der Waals surface area contributed by atoms with E-state index in [0.717, 1.165) is 11.8 Å². The molecule has 0 aliphatic rings. The molecule has 5 N–H and O–H groups in total. The normalized spacial score (nSPS) is 11.2. The van der Waals surface area contributed by atoms with Gasteiger partial charge < -0.3 is 16.7 Å². The molecule has 1 amide bonds. The van der Waals surface area contributed by atoms with Crippen molar-refractivity contribution < 1.29 is 14.9 Å². The number of thioether (sulfide) groups is 1. The van der Waals surface area contributed by atoms with Gasteiger partial charge in [0.05, 0.1) is 10.7 Å². The van der Waals surface area contributed by atoms with Gasteiger partial charge in [-0.2, -0.15) is 0 Å². The lowest BCUT2D eigenvalue weighted by Gasteiger charge is -2.06. The highest BCUT2D eigenvalue weighted by Gasteiger charge is 2.14. The van der Waals surface area contributed by atoms with Crippen molar-refractivity contribution in [3.05, 3.63) is 33.9 Å². The summed E-state index contributed by atoms with van der Waals surface area (Å²) in [4.78, 5) is 21.2. The Labute approximate surface area is 106 Å². The molecule has 9 heteroatoms. The minimum absolute atomic E-state index is 0.0104. The van der Waals surface area contributed by atoms with Crippen LogP contribution in [0.4, 0.5) is 5.69 Å². The Kier molecular flexibility index (Phi) is 4.49. The van der Waals surface area contributed by atoms with E-state index in [1.54, 1.807) is 0 Å². The first-order chi connectivity index (χ1) is 8.45. The molecule has 8 nitrogen and oxygen atoms in total. The quantitative estimate of drug-likeness (QED) is 0.175. The number of carbonyl (C=O) groups is 1. The number of carbonyl (C=O) groups excluding carboxylic acids is 1. The Morgan fingerprint density at radius 3 is 2.67 bits per heavy atom. The predicted molar refractivity (Wildman–Crippen MR) is 65.5 cm³/mol. The summed E-state index contributed by atoms with van der Waals surface area (Å²) in [5, 5.41) is 22.0. The maximum Gasteiger partial charge on any atom is 0.270 e. The first-order valence-corrected chi connectivity index (χ1v) is 5.61. The van der Waals surface area contributed by atoms with Crippen LogP contribution in [0.5, 0.6) is 0 Å². The van der Waals surface area contributed by atoms with E-state index >= 15 is 0 Å². The van der Waals surface area contributed by atoms with Crippen molar-refractivity contribution in [1.82, 2.24) is 0 Å². The van der Waals surface area contributed by atoms with E-state index in [1.165, 1.54) is 18.2 Å². The first-order valence-electron chi connectivity index (χ1n) is 4.63. The van der Waals surface area contributed by atoms with Crippen LogP contribution in [0.3, 0.4) is 0 Å². The molecule has 0 aliphatic heterocycles. The van der Waals surface area contributed by atoms with E-state index in [9.17, 15) is 14.9 Å². The highest BCUT2D eigenvalue weighted by molar-refractivity contribution is 8.00. The molecule has 0 unspecified atom stereocenters. The Bertz CT molecular complexity index is 517. The maximum absolute atomic E-state index is 10.7. The van der Waals surface area contributed by atoms with E-state index in [0.29, 0.717) is 4.90 Å². The highest BCUT2D eigenvalue weighted by Crippen LogP contribution is 2.26. The standard InChI is InChI=1S/C9H10N4O4S/c10-8(14)4-18-7-2-1-5(13(16)17)3-6(7)9(11)12-15/h1-3,15H,4H2,(H2,10,14)(H2,11,12). The SMILES string of the molecule is NC(=O)CSc1ccc([N+](=O)[O-])cc1/C(N)=N/O. The van der Waals surface area contributed by atoms with E-state index in [4.69, 9.17) is 16.7 Å². The zero-order valence-corrected chi connectivity index (χ0v) is 9.88. The Hall–Kier alpha value is -2.29. The highest BCUT2D eigenvalue weighted by atomic mass is 32.2. The first kappa shape index (κ1) is 13.8. The summed E-state index contributed by atoms with van der Waals surface area (Å²) < 4.78 is 0. The average molecular weight is 270 g/mol. The number of amidine groups is 1. The Morgan fingerprint density at radius 1 is 1.50 bits per heavy atom. The van der Waals surface area contributed by atoms with Crippen LogP contribution in [0.1, 0.15) is 5.56 Å². The molecule has 1 rings (SSSR count). The van der Waals surface area contributed by atoms with Crippen LogP contribution >= 0.6 is 11.8 Å². The van der Waals surface area contributed by atoms with Crippen molar-refractivity contribution >= 4 is 29.2 Å². The molecule has 0 atom stereocenters. The number of nitro groups is 1. The molecular formula is C9H10N4O4S. The van der Waals surface area contributed by atoms with Crippen LogP contribution in [-0.2, 0) is 4.79 Å². The molecular weight excluding hydrogens is 260 g/mol. The average Bonchev–Trinajstić information content (AvgIpc) is 2.34. The fourth-order valence-corrected chi connectivity index (χ4v) is 1.94. The van der Waals surface area contributed by atoms with E-state index < -0.39 is 10.8 Å². The molecule has 0 spiro atoms. The van der Waals surface area contributed by atoms with Gasteiger partial charge in [-0.3, -0.25) is 14.9 Å². The van der Waals surface area contributed by atoms with Gasteiger partial charge in [0.1, 0.15) is 0 Å². The third-order valence-electron chi connectivity index (χ3n) is 1.93. The fraction of sp³-hybridized carbons (Fsp3) is 0.111. The summed E-state index contributed by atoms with van der Waals surface area (Å²) in [7, 11) is 0. The van der Waals surface area contributed by atoms with Gasteiger partial charge in [-0.25, -0.2) is 0 Å². The number of nitrogens with two attached hydrogens (primary N) is 2. The second-order valence-corrected chi connectivity index (χ2v) is 4.19. The van der Waals surface area contributed by atoms with E-state index in [2.05, 4.69) is 5.16 Å². The second-order valence-electron chi connectivity index (χ2n) is 3.18. The van der Waals surface area contributed by atoms with Gasteiger partial charge in [0, 0.05) is 22.6 Å². The monoisotopic (exact) mass is 270 g/mol. The number of benzene rings is 1. The summed E-state index contributed by atoms with van der Waals surface area (Å²) in [5.74, 6) is -0.821. The van der Waals surface area contributed by atoms with Crippen LogP contribution in [0, 0.1) is 10.1 Å². The third kappa shape index (κ3) is 3.35.